The minimum atomic E-state index is -0.470. The summed E-state index contributed by atoms with van der Waals surface area (Å²) >= 11 is 7.71. The summed E-state index contributed by atoms with van der Waals surface area (Å²) in [5, 5.41) is 11.6. The Morgan fingerprint density at radius 3 is 2.48 bits per heavy atom. The van der Waals surface area contributed by atoms with Crippen LogP contribution in [0.25, 0.3) is 6.08 Å². The van der Waals surface area contributed by atoms with Gasteiger partial charge in [-0.25, -0.2) is 9.79 Å². The summed E-state index contributed by atoms with van der Waals surface area (Å²) in [5.41, 5.74) is 2.32. The fraction of sp³-hybridized carbons (Fsp3) is 0.179. The Bertz CT molecular complexity index is 1510. The van der Waals surface area contributed by atoms with E-state index in [1.165, 1.54) is 35.9 Å². The molecule has 1 aliphatic heterocycles. The number of esters is 1. The van der Waals surface area contributed by atoms with Crippen molar-refractivity contribution in [2.75, 3.05) is 20.8 Å². The van der Waals surface area contributed by atoms with Gasteiger partial charge in [0.25, 0.3) is 11.6 Å². The van der Waals surface area contributed by atoms with Crippen molar-refractivity contribution in [3.8, 4) is 11.5 Å². The van der Waals surface area contributed by atoms with E-state index in [9.17, 15) is 19.7 Å². The fourth-order valence-electron chi connectivity index (χ4n) is 3.63. The molecule has 10 nitrogen and oxygen atoms in total. The Labute approximate surface area is 239 Å². The number of nitro benzene ring substituents is 1. The fourth-order valence-corrected chi connectivity index (χ4v) is 4.89. The number of amides is 1. The van der Waals surface area contributed by atoms with Crippen molar-refractivity contribution in [3.05, 3.63) is 97.4 Å². The first-order chi connectivity index (χ1) is 19.2. The number of carbonyl (C=O) groups excluding carboxylic acids is 2. The van der Waals surface area contributed by atoms with Gasteiger partial charge in [0, 0.05) is 19.2 Å². The number of hydrogen-bond acceptors (Lipinski definition) is 9. The maximum absolute atomic E-state index is 12.9. The number of rotatable bonds is 9. The van der Waals surface area contributed by atoms with E-state index >= 15 is 0 Å². The topological polar surface area (TPSA) is 121 Å². The maximum atomic E-state index is 12.9. The molecule has 0 spiro atoms. The van der Waals surface area contributed by atoms with Crippen LogP contribution >= 0.6 is 23.4 Å². The molecule has 1 saturated heterocycles. The van der Waals surface area contributed by atoms with Crippen LogP contribution < -0.4 is 9.47 Å². The van der Waals surface area contributed by atoms with E-state index in [0.29, 0.717) is 43.9 Å². The number of likely N-dealkylation sites (N-methyl/N-ethyl adjacent to an activating group) is 1. The van der Waals surface area contributed by atoms with Gasteiger partial charge in [0.2, 0.25) is 0 Å². The Kier molecular flexibility index (Phi) is 9.08. The second-order valence-electron chi connectivity index (χ2n) is 8.38. The van der Waals surface area contributed by atoms with Crippen LogP contribution in [0.5, 0.6) is 11.5 Å². The van der Waals surface area contributed by atoms with Gasteiger partial charge in [0.05, 0.1) is 39.8 Å². The largest absolute Gasteiger partial charge is 0.493 e. The third-order valence-electron chi connectivity index (χ3n) is 5.69. The molecule has 0 aliphatic carbocycles. The van der Waals surface area contributed by atoms with E-state index in [-0.39, 0.29) is 29.8 Å². The number of ether oxygens (including phenoxy) is 3. The molecule has 0 N–H and O–H groups in total. The quantitative estimate of drug-likeness (QED) is 0.126. The molecule has 0 unspecified atom stereocenters. The third-order valence-corrected chi connectivity index (χ3v) is 7.03. The summed E-state index contributed by atoms with van der Waals surface area (Å²) in [7, 11) is 3.10. The Hall–Kier alpha value is -4.35. The molecule has 0 saturated carbocycles. The van der Waals surface area contributed by atoms with Crippen LogP contribution in [-0.2, 0) is 16.1 Å². The molecule has 0 radical (unpaired) electrons. The van der Waals surface area contributed by atoms with E-state index in [4.69, 9.17) is 25.8 Å². The maximum Gasteiger partial charge on any atom is 0.338 e. The number of hydrogen-bond donors (Lipinski definition) is 0. The van der Waals surface area contributed by atoms with Crippen LogP contribution in [0.4, 0.5) is 11.4 Å². The first kappa shape index (κ1) is 28.7. The third kappa shape index (κ3) is 6.61. The number of non-ortho nitro benzene ring substituents is 1. The highest BCUT2D eigenvalue weighted by Gasteiger charge is 2.30. The molecular weight excluding hydrogens is 558 g/mol. The molecule has 40 heavy (non-hydrogen) atoms. The molecule has 3 aromatic rings. The molecule has 1 amide bonds. The molecule has 0 aromatic heterocycles. The summed E-state index contributed by atoms with van der Waals surface area (Å²) in [6.45, 7) is 2.15. The Morgan fingerprint density at radius 1 is 1.15 bits per heavy atom. The van der Waals surface area contributed by atoms with Gasteiger partial charge < -0.3 is 14.2 Å². The van der Waals surface area contributed by atoms with E-state index in [1.807, 2.05) is 0 Å². The molecular formula is C28H24ClN3O7S. The highest BCUT2D eigenvalue weighted by Crippen LogP contribution is 2.39. The lowest BCUT2D eigenvalue weighted by Gasteiger charge is -2.13. The molecule has 0 atom stereocenters. The highest BCUT2D eigenvalue weighted by atomic mass is 35.5. The standard InChI is InChI=1S/C28H24ClN3O7S/c1-4-38-27(34)19-7-9-20(10-8-19)30-28-31(2)26(33)24(40-28)15-18-13-22(29)25(23(14-18)37-3)39-16-17-5-11-21(12-6-17)32(35)36/h5-15H,4,16H2,1-3H3. The molecule has 0 bridgehead atoms. The molecule has 3 aromatic carbocycles. The van der Waals surface area contributed by atoms with Gasteiger partial charge in [-0.1, -0.05) is 11.6 Å². The monoisotopic (exact) mass is 581 g/mol. The normalized spacial score (nSPS) is 15.0. The second kappa shape index (κ2) is 12.7. The van der Waals surface area contributed by atoms with Crippen molar-refractivity contribution in [1.29, 1.82) is 0 Å². The molecule has 1 heterocycles. The van der Waals surface area contributed by atoms with Crippen LogP contribution in [0.15, 0.2) is 70.6 Å². The minimum Gasteiger partial charge on any atom is -0.493 e. The summed E-state index contributed by atoms with van der Waals surface area (Å²) in [5.74, 6) is 0.0214. The lowest BCUT2D eigenvalue weighted by molar-refractivity contribution is -0.384. The lowest BCUT2D eigenvalue weighted by atomic mass is 10.1. The minimum absolute atomic E-state index is 0.0122. The second-order valence-corrected chi connectivity index (χ2v) is 9.80. The smallest absolute Gasteiger partial charge is 0.338 e. The van der Waals surface area contributed by atoms with Crippen molar-refractivity contribution < 1.29 is 28.7 Å². The van der Waals surface area contributed by atoms with Crippen LogP contribution in [0.1, 0.15) is 28.4 Å². The average molecular weight is 582 g/mol. The number of halogens is 1. The Balaban J connectivity index is 1.51. The van der Waals surface area contributed by atoms with Gasteiger partial charge in [-0.15, -0.1) is 0 Å². The van der Waals surface area contributed by atoms with Gasteiger partial charge in [-0.3, -0.25) is 19.8 Å². The van der Waals surface area contributed by atoms with Gasteiger partial charge in [0.1, 0.15) is 6.61 Å². The molecule has 12 heteroatoms. The lowest BCUT2D eigenvalue weighted by Crippen LogP contribution is -2.23. The summed E-state index contributed by atoms with van der Waals surface area (Å²) in [6.07, 6.45) is 1.68. The van der Waals surface area contributed by atoms with Gasteiger partial charge in [-0.2, -0.15) is 0 Å². The Morgan fingerprint density at radius 2 is 1.85 bits per heavy atom. The zero-order chi connectivity index (χ0) is 28.8. The van der Waals surface area contributed by atoms with Crippen molar-refractivity contribution in [1.82, 2.24) is 4.90 Å². The van der Waals surface area contributed by atoms with Crippen LogP contribution in [0.2, 0.25) is 5.02 Å². The number of nitrogens with zero attached hydrogens (tertiary/aromatic N) is 3. The SMILES string of the molecule is CCOC(=O)c1ccc(N=C2SC(=Cc3cc(Cl)c(OCc4ccc([N+](=O)[O-])cc4)c(OC)c3)C(=O)N2C)cc1. The molecule has 4 rings (SSSR count). The number of carbonyl (C=O) groups is 2. The van der Waals surface area contributed by atoms with Crippen molar-refractivity contribution >= 4 is 57.9 Å². The summed E-state index contributed by atoms with van der Waals surface area (Å²) < 4.78 is 16.3. The number of amidine groups is 1. The van der Waals surface area contributed by atoms with E-state index in [2.05, 4.69) is 4.99 Å². The summed E-state index contributed by atoms with van der Waals surface area (Å²) in [4.78, 5) is 41.6. The van der Waals surface area contributed by atoms with Gasteiger partial charge >= 0.3 is 5.97 Å². The molecule has 206 valence electrons. The molecule has 1 fully saturated rings. The van der Waals surface area contributed by atoms with Crippen LogP contribution in [-0.4, -0.2) is 47.6 Å². The van der Waals surface area contributed by atoms with E-state index < -0.39 is 10.9 Å². The summed E-state index contributed by atoms with van der Waals surface area (Å²) in [6, 6.07) is 16.0. The first-order valence-corrected chi connectivity index (χ1v) is 13.2. The van der Waals surface area contributed by atoms with Crippen LogP contribution in [0, 0.1) is 10.1 Å². The van der Waals surface area contributed by atoms with E-state index in [0.717, 1.165) is 0 Å². The first-order valence-electron chi connectivity index (χ1n) is 12.0. The van der Waals surface area contributed by atoms with Crippen molar-refractivity contribution in [2.24, 2.45) is 4.99 Å². The zero-order valence-electron chi connectivity index (χ0n) is 21.8. The zero-order valence-corrected chi connectivity index (χ0v) is 23.3. The number of methoxy groups -OCH3 is 1. The predicted molar refractivity (Wildman–Crippen MR) is 153 cm³/mol. The number of aliphatic imine (C=N–C) groups is 1. The van der Waals surface area contributed by atoms with Crippen molar-refractivity contribution in [2.45, 2.75) is 13.5 Å². The predicted octanol–water partition coefficient (Wildman–Crippen LogP) is 6.25. The van der Waals surface area contributed by atoms with E-state index in [1.54, 1.807) is 68.6 Å². The number of thioether (sulfide) groups is 1. The van der Waals surface area contributed by atoms with Crippen LogP contribution in [0.3, 0.4) is 0 Å². The number of nitro groups is 1. The van der Waals surface area contributed by atoms with Gasteiger partial charge in [0.15, 0.2) is 16.7 Å². The van der Waals surface area contributed by atoms with Crippen molar-refractivity contribution in [3.63, 3.8) is 0 Å². The van der Waals surface area contributed by atoms with Gasteiger partial charge in [-0.05, 0) is 84.4 Å². The average Bonchev–Trinajstić information content (AvgIpc) is 3.20. The number of benzene rings is 3. The highest BCUT2D eigenvalue weighted by molar-refractivity contribution is 8.18. The molecule has 1 aliphatic rings.